The molecule has 3 saturated carbocycles. The Labute approximate surface area is 179 Å². The molecule has 160 valence electrons. The van der Waals surface area contributed by atoms with Crippen molar-refractivity contribution in [2.24, 2.45) is 34.5 Å². The Morgan fingerprint density at radius 1 is 1.07 bits per heavy atom. The van der Waals surface area contributed by atoms with Crippen LogP contribution in [0.25, 0.3) is 0 Å². The highest BCUT2D eigenvalue weighted by Gasteiger charge is 2.56. The van der Waals surface area contributed by atoms with E-state index in [9.17, 15) is 5.11 Å². The van der Waals surface area contributed by atoms with E-state index in [0.717, 1.165) is 31.1 Å². The molecule has 3 fully saturated rings. The molecule has 0 aliphatic heterocycles. The lowest BCUT2D eigenvalue weighted by Gasteiger charge is -2.55. The Morgan fingerprint density at radius 2 is 1.83 bits per heavy atom. The summed E-state index contributed by atoms with van der Waals surface area (Å²) < 4.78 is 0. The fraction of sp³-hybridized carbons (Fsp3) is 0.714. The second-order valence-corrected chi connectivity index (χ2v) is 11.4. The van der Waals surface area contributed by atoms with Crippen LogP contribution in [0.5, 0.6) is 0 Å². The van der Waals surface area contributed by atoms with Crippen molar-refractivity contribution in [3.8, 4) is 0 Å². The SMILES string of the molecule is CC(C)=C(C)C=CC(C)C1CCC2C3=CC=C4CCC(O)CC4(C)C3CCC21C. The van der Waals surface area contributed by atoms with Crippen LogP contribution in [0.15, 0.2) is 46.6 Å². The molecule has 0 heterocycles. The number of allylic oxidation sites excluding steroid dienone is 8. The Bertz CT molecular complexity index is 776. The Hall–Kier alpha value is -1.08. The number of aliphatic hydroxyl groups is 1. The Morgan fingerprint density at radius 3 is 2.55 bits per heavy atom. The van der Waals surface area contributed by atoms with Gasteiger partial charge in [-0.2, -0.15) is 0 Å². The molecule has 0 bridgehead atoms. The Kier molecular flexibility index (Phi) is 5.52. The van der Waals surface area contributed by atoms with Gasteiger partial charge in [0.15, 0.2) is 0 Å². The monoisotopic (exact) mass is 394 g/mol. The average Bonchev–Trinajstić information content (AvgIpc) is 3.02. The lowest BCUT2D eigenvalue weighted by molar-refractivity contribution is 0.0240. The summed E-state index contributed by atoms with van der Waals surface area (Å²) in [5.74, 6) is 2.82. The number of aliphatic hydroxyl groups excluding tert-OH is 1. The van der Waals surface area contributed by atoms with E-state index in [1.54, 1.807) is 11.1 Å². The van der Waals surface area contributed by atoms with Gasteiger partial charge in [-0.25, -0.2) is 0 Å². The van der Waals surface area contributed by atoms with Crippen LogP contribution in [-0.2, 0) is 0 Å². The third-order valence-electron chi connectivity index (χ3n) is 9.65. The quantitative estimate of drug-likeness (QED) is 0.495. The maximum Gasteiger partial charge on any atom is 0.0551 e. The standard InChI is InChI=1S/C28H42O/c1-18(2)19(3)7-8-20(4)24-13-14-25-23-12-10-21-9-11-22(29)17-28(21,6)26(23)15-16-27(24,25)5/h7-8,10,12,20,22,24-26,29H,9,11,13-17H2,1-6H3. The van der Waals surface area contributed by atoms with Gasteiger partial charge in [0.05, 0.1) is 6.10 Å². The van der Waals surface area contributed by atoms with Crippen molar-refractivity contribution < 1.29 is 5.11 Å². The average molecular weight is 395 g/mol. The van der Waals surface area contributed by atoms with Gasteiger partial charge in [-0.05, 0) is 100 Å². The van der Waals surface area contributed by atoms with E-state index in [1.165, 1.54) is 36.8 Å². The maximum atomic E-state index is 10.4. The number of hydrogen-bond acceptors (Lipinski definition) is 1. The zero-order valence-corrected chi connectivity index (χ0v) is 19.6. The van der Waals surface area contributed by atoms with Gasteiger partial charge >= 0.3 is 0 Å². The predicted octanol–water partition coefficient (Wildman–Crippen LogP) is 7.40. The smallest absolute Gasteiger partial charge is 0.0551 e. The van der Waals surface area contributed by atoms with Gasteiger partial charge in [-0.15, -0.1) is 0 Å². The highest BCUT2D eigenvalue weighted by atomic mass is 16.3. The third kappa shape index (κ3) is 3.42. The molecule has 7 unspecified atom stereocenters. The number of rotatable bonds is 3. The first kappa shape index (κ1) is 21.2. The van der Waals surface area contributed by atoms with Gasteiger partial charge in [-0.3, -0.25) is 0 Å². The fourth-order valence-corrected chi connectivity index (χ4v) is 7.58. The topological polar surface area (TPSA) is 20.2 Å². The molecule has 7 atom stereocenters. The second kappa shape index (κ2) is 7.56. The van der Waals surface area contributed by atoms with Crippen LogP contribution in [0, 0.1) is 34.5 Å². The number of hydrogen-bond donors (Lipinski definition) is 1. The summed E-state index contributed by atoms with van der Waals surface area (Å²) in [6.45, 7) is 14.2. The van der Waals surface area contributed by atoms with Gasteiger partial charge < -0.3 is 5.11 Å². The van der Waals surface area contributed by atoms with Crippen LogP contribution >= 0.6 is 0 Å². The minimum atomic E-state index is -0.107. The summed E-state index contributed by atoms with van der Waals surface area (Å²) in [4.78, 5) is 0. The first-order valence-corrected chi connectivity index (χ1v) is 12.1. The summed E-state index contributed by atoms with van der Waals surface area (Å²) in [6.07, 6.45) is 18.1. The van der Waals surface area contributed by atoms with Gasteiger partial charge in [0.1, 0.15) is 0 Å². The molecule has 4 aliphatic carbocycles. The van der Waals surface area contributed by atoms with Crippen molar-refractivity contribution in [2.45, 2.75) is 92.6 Å². The zero-order chi connectivity index (χ0) is 21.0. The predicted molar refractivity (Wildman–Crippen MR) is 124 cm³/mol. The van der Waals surface area contributed by atoms with Crippen molar-refractivity contribution in [1.82, 2.24) is 0 Å². The van der Waals surface area contributed by atoms with Crippen molar-refractivity contribution in [3.05, 3.63) is 46.6 Å². The molecule has 0 saturated heterocycles. The van der Waals surface area contributed by atoms with Crippen molar-refractivity contribution >= 4 is 0 Å². The van der Waals surface area contributed by atoms with E-state index < -0.39 is 0 Å². The first-order chi connectivity index (χ1) is 13.7. The van der Waals surface area contributed by atoms with Crippen LogP contribution in [0.1, 0.15) is 86.5 Å². The lowest BCUT2D eigenvalue weighted by atomic mass is 9.50. The summed E-state index contributed by atoms with van der Waals surface area (Å²) in [5.41, 5.74) is 6.81. The molecule has 0 amide bonds. The van der Waals surface area contributed by atoms with Gasteiger partial charge in [0.2, 0.25) is 0 Å². The molecule has 29 heavy (non-hydrogen) atoms. The zero-order valence-electron chi connectivity index (χ0n) is 19.6. The molecule has 4 rings (SSSR count). The molecule has 1 heteroatoms. The van der Waals surface area contributed by atoms with Crippen LogP contribution in [0.4, 0.5) is 0 Å². The maximum absolute atomic E-state index is 10.4. The third-order valence-corrected chi connectivity index (χ3v) is 9.65. The molecule has 0 aromatic rings. The summed E-state index contributed by atoms with van der Waals surface area (Å²) >= 11 is 0. The molecule has 1 N–H and O–H groups in total. The van der Waals surface area contributed by atoms with Crippen LogP contribution in [0.3, 0.4) is 0 Å². The van der Waals surface area contributed by atoms with Crippen LogP contribution in [-0.4, -0.2) is 11.2 Å². The summed E-state index contributed by atoms with van der Waals surface area (Å²) in [7, 11) is 0. The van der Waals surface area contributed by atoms with Crippen molar-refractivity contribution in [3.63, 3.8) is 0 Å². The first-order valence-electron chi connectivity index (χ1n) is 12.1. The Balaban J connectivity index is 1.59. The van der Waals surface area contributed by atoms with E-state index in [-0.39, 0.29) is 11.5 Å². The van der Waals surface area contributed by atoms with Crippen molar-refractivity contribution in [1.29, 1.82) is 0 Å². The molecule has 4 aliphatic rings. The molecule has 1 nitrogen and oxygen atoms in total. The molecular weight excluding hydrogens is 352 g/mol. The molecule has 0 spiro atoms. The normalized spacial score (nSPS) is 42.4. The van der Waals surface area contributed by atoms with E-state index in [4.69, 9.17) is 0 Å². The fourth-order valence-electron chi connectivity index (χ4n) is 7.58. The van der Waals surface area contributed by atoms with Crippen molar-refractivity contribution in [2.75, 3.05) is 0 Å². The molecule has 0 aromatic heterocycles. The summed E-state index contributed by atoms with van der Waals surface area (Å²) in [5, 5.41) is 10.4. The van der Waals surface area contributed by atoms with Gasteiger partial charge in [0, 0.05) is 0 Å². The highest BCUT2D eigenvalue weighted by molar-refractivity contribution is 5.39. The van der Waals surface area contributed by atoms with Gasteiger partial charge in [0.25, 0.3) is 0 Å². The molecular formula is C28H42O. The minimum absolute atomic E-state index is 0.107. The molecule has 0 radical (unpaired) electrons. The minimum Gasteiger partial charge on any atom is -0.393 e. The van der Waals surface area contributed by atoms with E-state index in [1.807, 2.05) is 0 Å². The largest absolute Gasteiger partial charge is 0.393 e. The van der Waals surface area contributed by atoms with Gasteiger partial charge in [-0.1, -0.05) is 67.4 Å². The molecule has 0 aromatic carbocycles. The summed E-state index contributed by atoms with van der Waals surface area (Å²) in [6, 6.07) is 0. The number of fused-ring (bicyclic) bond motifs is 5. The lowest BCUT2D eigenvalue weighted by Crippen LogP contribution is -2.47. The van der Waals surface area contributed by atoms with Crippen LogP contribution < -0.4 is 0 Å². The second-order valence-electron chi connectivity index (χ2n) is 11.4. The van der Waals surface area contributed by atoms with E-state index in [0.29, 0.717) is 17.3 Å². The van der Waals surface area contributed by atoms with E-state index in [2.05, 4.69) is 65.8 Å². The van der Waals surface area contributed by atoms with Crippen LogP contribution in [0.2, 0.25) is 0 Å². The highest BCUT2D eigenvalue weighted by Crippen LogP contribution is 2.65. The van der Waals surface area contributed by atoms with E-state index >= 15 is 0 Å².